The van der Waals surface area contributed by atoms with Crippen molar-refractivity contribution in [1.29, 1.82) is 0 Å². The van der Waals surface area contributed by atoms with Crippen LogP contribution >= 0.6 is 0 Å². The van der Waals surface area contributed by atoms with Crippen LogP contribution in [-0.4, -0.2) is 50.1 Å². The van der Waals surface area contributed by atoms with Gasteiger partial charge < -0.3 is 13.0 Å². The van der Waals surface area contributed by atoms with Gasteiger partial charge in [-0.2, -0.15) is 26.3 Å². The molecule has 0 aliphatic carbocycles. The third-order valence-electron chi connectivity index (χ3n) is 6.52. The first-order valence-corrected chi connectivity index (χ1v) is 21.8. The minimum atomic E-state index is -4.32. The molecule has 0 aromatic carbocycles. The molecule has 3 atom stereocenters. The van der Waals surface area contributed by atoms with Crippen LogP contribution in [0.1, 0.15) is 72.1 Å². The Kier molecular flexibility index (Phi) is 16.3. The van der Waals surface area contributed by atoms with Crippen LogP contribution in [0.3, 0.4) is 0 Å². The lowest BCUT2D eigenvalue weighted by molar-refractivity contribution is -0.139. The molecule has 13 heteroatoms. The third-order valence-corrected chi connectivity index (χ3v) is 20.6. The molecule has 0 radical (unpaired) electrons. The Morgan fingerprint density at radius 2 is 1.16 bits per heavy atom. The fourth-order valence-corrected chi connectivity index (χ4v) is 20.8. The SMILES string of the molecule is C=C(C)C(=O)OCCC[Si](C)(O[Si](C)(CCCC)CCC(F)(F)F)O[Si](C)(CCCCC)CCC(F)(F)F. The van der Waals surface area contributed by atoms with Crippen molar-refractivity contribution < 1.29 is 44.1 Å². The highest BCUT2D eigenvalue weighted by Crippen LogP contribution is 2.37. The van der Waals surface area contributed by atoms with E-state index in [0.29, 0.717) is 31.0 Å². The van der Waals surface area contributed by atoms with Crippen molar-refractivity contribution in [2.24, 2.45) is 0 Å². The fraction of sp³-hybridized carbons (Fsp3) is 0.880. The number of hydrogen-bond acceptors (Lipinski definition) is 4. The van der Waals surface area contributed by atoms with Gasteiger partial charge in [0.2, 0.25) is 0 Å². The molecule has 0 fully saturated rings. The molecular formula is C25H48F6O4Si3. The van der Waals surface area contributed by atoms with Crippen LogP contribution in [0.2, 0.25) is 49.9 Å². The summed E-state index contributed by atoms with van der Waals surface area (Å²) in [6, 6.07) is 1.13. The van der Waals surface area contributed by atoms with E-state index in [4.69, 9.17) is 13.0 Å². The maximum Gasteiger partial charge on any atom is 0.388 e. The number of rotatable bonds is 20. The van der Waals surface area contributed by atoms with E-state index < -0.39 is 56.4 Å². The van der Waals surface area contributed by atoms with E-state index in [1.807, 2.05) is 13.8 Å². The first-order chi connectivity index (χ1) is 17.3. The molecule has 0 aliphatic rings. The van der Waals surface area contributed by atoms with E-state index in [9.17, 15) is 31.1 Å². The van der Waals surface area contributed by atoms with E-state index in [1.54, 1.807) is 19.6 Å². The number of carbonyl (C=O) groups excluding carboxylic acids is 1. The molecule has 0 saturated heterocycles. The van der Waals surface area contributed by atoms with E-state index in [0.717, 1.165) is 25.7 Å². The van der Waals surface area contributed by atoms with Crippen molar-refractivity contribution in [2.45, 2.75) is 134 Å². The van der Waals surface area contributed by atoms with Crippen molar-refractivity contribution >= 4 is 31.2 Å². The Bertz CT molecular complexity index is 722. The van der Waals surface area contributed by atoms with E-state index >= 15 is 0 Å². The first-order valence-electron chi connectivity index (χ1n) is 13.6. The second-order valence-corrected chi connectivity index (χ2v) is 23.2. The van der Waals surface area contributed by atoms with Crippen molar-refractivity contribution in [2.75, 3.05) is 6.61 Å². The summed E-state index contributed by atoms with van der Waals surface area (Å²) in [5.74, 6) is -0.550. The number of hydrogen-bond donors (Lipinski definition) is 0. The van der Waals surface area contributed by atoms with Gasteiger partial charge in [0.15, 0.2) is 16.6 Å². The summed E-state index contributed by atoms with van der Waals surface area (Å²) in [6.45, 7) is 14.4. The molecule has 0 aromatic rings. The van der Waals surface area contributed by atoms with Crippen LogP contribution in [0.5, 0.6) is 0 Å². The maximum atomic E-state index is 13.2. The molecule has 0 rings (SSSR count). The Labute approximate surface area is 228 Å². The zero-order valence-corrected chi connectivity index (χ0v) is 27.0. The van der Waals surface area contributed by atoms with E-state index in [-0.39, 0.29) is 24.3 Å². The largest absolute Gasteiger partial charge is 0.462 e. The maximum absolute atomic E-state index is 13.2. The van der Waals surface area contributed by atoms with Gasteiger partial charge in [-0.05, 0) is 63.2 Å². The van der Waals surface area contributed by atoms with Crippen LogP contribution in [0, 0.1) is 0 Å². The molecule has 0 N–H and O–H groups in total. The molecule has 0 spiro atoms. The minimum absolute atomic E-state index is 0.0490. The minimum Gasteiger partial charge on any atom is -0.462 e. The van der Waals surface area contributed by atoms with E-state index in [2.05, 4.69) is 6.58 Å². The number of ether oxygens (including phenoxy) is 1. The summed E-state index contributed by atoms with van der Waals surface area (Å²) in [6.07, 6.45) is -6.21. The van der Waals surface area contributed by atoms with Gasteiger partial charge in [-0.25, -0.2) is 4.79 Å². The number of alkyl halides is 6. The average molecular weight is 611 g/mol. The van der Waals surface area contributed by atoms with Crippen LogP contribution < -0.4 is 0 Å². The van der Waals surface area contributed by atoms with Crippen LogP contribution in [-0.2, 0) is 17.8 Å². The van der Waals surface area contributed by atoms with Gasteiger partial charge in [-0.3, -0.25) is 0 Å². The summed E-state index contributed by atoms with van der Waals surface area (Å²) in [4.78, 5) is 11.8. The Balaban J connectivity index is 6.04. The van der Waals surface area contributed by atoms with Crippen molar-refractivity contribution in [3.63, 3.8) is 0 Å². The Morgan fingerprint density at radius 3 is 1.55 bits per heavy atom. The second kappa shape index (κ2) is 16.6. The second-order valence-electron chi connectivity index (χ2n) is 11.0. The number of halogens is 6. The predicted octanol–water partition coefficient (Wildman–Crippen LogP) is 9.65. The summed E-state index contributed by atoms with van der Waals surface area (Å²) >= 11 is 0. The average Bonchev–Trinajstić information content (AvgIpc) is 2.77. The summed E-state index contributed by atoms with van der Waals surface area (Å²) in [5.41, 5.74) is 0.243. The van der Waals surface area contributed by atoms with Crippen molar-refractivity contribution in [1.82, 2.24) is 0 Å². The quantitative estimate of drug-likeness (QED) is 0.0453. The highest BCUT2D eigenvalue weighted by molar-refractivity contribution is 6.89. The summed E-state index contributed by atoms with van der Waals surface area (Å²) < 4.78 is 97.7. The number of carbonyl (C=O) groups is 1. The standard InChI is InChI=1S/C25H48F6O4Si3/c1-8-10-12-18-37(6,21-15-25(29,30)31)35-38(7,19-13-16-33-23(32)22(3)4)34-36(5,17-11-9-2)20-14-24(26,27)28/h3,8-21H2,1-2,4-7H3. The molecule has 0 bridgehead atoms. The molecule has 3 unspecified atom stereocenters. The van der Waals surface area contributed by atoms with Crippen molar-refractivity contribution in [3.05, 3.63) is 12.2 Å². The molecule has 4 nitrogen and oxygen atoms in total. The highest BCUT2D eigenvalue weighted by atomic mass is 28.5. The highest BCUT2D eigenvalue weighted by Gasteiger charge is 2.47. The van der Waals surface area contributed by atoms with Gasteiger partial charge in [0, 0.05) is 18.4 Å². The zero-order valence-electron chi connectivity index (χ0n) is 24.0. The predicted molar refractivity (Wildman–Crippen MR) is 147 cm³/mol. The van der Waals surface area contributed by atoms with Gasteiger partial charge >= 0.3 is 26.9 Å². The van der Waals surface area contributed by atoms with Crippen LogP contribution in [0.25, 0.3) is 0 Å². The van der Waals surface area contributed by atoms with E-state index in [1.165, 1.54) is 6.92 Å². The van der Waals surface area contributed by atoms with Gasteiger partial charge in [0.1, 0.15) is 0 Å². The van der Waals surface area contributed by atoms with Gasteiger partial charge in [0.25, 0.3) is 0 Å². The first kappa shape index (κ1) is 37.4. The third kappa shape index (κ3) is 17.9. The molecule has 38 heavy (non-hydrogen) atoms. The smallest absolute Gasteiger partial charge is 0.388 e. The molecule has 0 amide bonds. The summed E-state index contributed by atoms with van der Waals surface area (Å²) in [7, 11) is -9.09. The number of unbranched alkanes of at least 4 members (excludes halogenated alkanes) is 3. The lowest BCUT2D eigenvalue weighted by atomic mass is 10.3. The molecule has 226 valence electrons. The lowest BCUT2D eigenvalue weighted by Gasteiger charge is -2.43. The number of esters is 1. The van der Waals surface area contributed by atoms with Gasteiger partial charge in [-0.1, -0.05) is 52.5 Å². The topological polar surface area (TPSA) is 44.8 Å². The lowest BCUT2D eigenvalue weighted by Crippen LogP contribution is -2.56. The van der Waals surface area contributed by atoms with Crippen LogP contribution in [0.4, 0.5) is 26.3 Å². The molecule has 0 aromatic heterocycles. The molecule has 0 heterocycles. The van der Waals surface area contributed by atoms with Crippen molar-refractivity contribution in [3.8, 4) is 0 Å². The Morgan fingerprint density at radius 1 is 0.711 bits per heavy atom. The molecule has 0 aliphatic heterocycles. The zero-order chi connectivity index (χ0) is 29.7. The fourth-order valence-electron chi connectivity index (χ4n) is 4.41. The molecule has 0 saturated carbocycles. The Hall–Kier alpha value is -0.639. The van der Waals surface area contributed by atoms with Gasteiger partial charge in [0.05, 0.1) is 6.61 Å². The molecular weight excluding hydrogens is 563 g/mol. The normalized spacial score (nSPS) is 17.4. The van der Waals surface area contributed by atoms with Gasteiger partial charge in [-0.15, -0.1) is 0 Å². The summed E-state index contributed by atoms with van der Waals surface area (Å²) in [5, 5.41) is 0. The monoisotopic (exact) mass is 610 g/mol. The van der Waals surface area contributed by atoms with Crippen LogP contribution in [0.15, 0.2) is 12.2 Å².